The molecule has 2 heterocycles. The zero-order valence-electron chi connectivity index (χ0n) is 12.6. The van der Waals surface area contributed by atoms with E-state index in [9.17, 15) is 4.79 Å². The molecule has 2 aromatic heterocycles. The molecule has 0 unspecified atom stereocenters. The quantitative estimate of drug-likeness (QED) is 0.806. The summed E-state index contributed by atoms with van der Waals surface area (Å²) in [4.78, 5) is 18.4. The van der Waals surface area contributed by atoms with Gasteiger partial charge in [-0.3, -0.25) is 14.5 Å². The Hall–Kier alpha value is -2.21. The number of methoxy groups -OCH3 is 1. The van der Waals surface area contributed by atoms with Gasteiger partial charge in [0.25, 0.3) is 5.91 Å². The molecule has 0 N–H and O–H groups in total. The van der Waals surface area contributed by atoms with Crippen LogP contribution in [-0.2, 0) is 18.3 Å². The Morgan fingerprint density at radius 2 is 2.19 bits per heavy atom. The molecule has 0 aliphatic carbocycles. The van der Waals surface area contributed by atoms with Crippen molar-refractivity contribution in [2.75, 3.05) is 20.3 Å². The van der Waals surface area contributed by atoms with Crippen molar-refractivity contribution in [2.45, 2.75) is 13.5 Å². The van der Waals surface area contributed by atoms with Crippen molar-refractivity contribution in [1.29, 1.82) is 0 Å². The van der Waals surface area contributed by atoms with E-state index >= 15 is 0 Å². The number of pyridine rings is 1. The highest BCUT2D eigenvalue weighted by molar-refractivity contribution is 5.94. The predicted octanol–water partition coefficient (Wildman–Crippen LogP) is 1.41. The van der Waals surface area contributed by atoms with Gasteiger partial charge in [-0.05, 0) is 18.6 Å². The van der Waals surface area contributed by atoms with Crippen LogP contribution in [0.4, 0.5) is 0 Å². The Morgan fingerprint density at radius 1 is 1.38 bits per heavy atom. The maximum absolute atomic E-state index is 12.6. The van der Waals surface area contributed by atoms with Crippen molar-refractivity contribution in [1.82, 2.24) is 19.7 Å². The molecule has 0 spiro atoms. The third-order valence-corrected chi connectivity index (χ3v) is 3.11. The first kappa shape index (κ1) is 15.2. The smallest absolute Gasteiger partial charge is 0.255 e. The molecule has 0 aliphatic heterocycles. The zero-order valence-corrected chi connectivity index (χ0v) is 12.6. The summed E-state index contributed by atoms with van der Waals surface area (Å²) in [6.07, 6.45) is 7.00. The van der Waals surface area contributed by atoms with Crippen LogP contribution in [0.5, 0.6) is 0 Å². The molecular weight excluding hydrogens is 268 g/mol. The van der Waals surface area contributed by atoms with Crippen molar-refractivity contribution in [2.24, 2.45) is 7.05 Å². The predicted molar refractivity (Wildman–Crippen MR) is 78.8 cm³/mol. The molecule has 0 atom stereocenters. The van der Waals surface area contributed by atoms with Crippen LogP contribution >= 0.6 is 0 Å². The summed E-state index contributed by atoms with van der Waals surface area (Å²) < 4.78 is 6.82. The van der Waals surface area contributed by atoms with E-state index in [1.807, 2.05) is 26.2 Å². The third kappa shape index (κ3) is 4.13. The van der Waals surface area contributed by atoms with Crippen molar-refractivity contribution in [3.05, 3.63) is 47.5 Å². The fraction of sp³-hybridized carbons (Fsp3) is 0.400. The van der Waals surface area contributed by atoms with Crippen LogP contribution in [-0.4, -0.2) is 45.8 Å². The standard InChI is InChI=1S/C15H20N4O2/c1-12-6-14(9-16-7-12)15(20)19(4-5-21-3)11-13-8-17-18(2)10-13/h6-10H,4-5,11H2,1-3H3. The van der Waals surface area contributed by atoms with Crippen molar-refractivity contribution in [3.63, 3.8) is 0 Å². The van der Waals surface area contributed by atoms with E-state index in [1.54, 1.807) is 35.3 Å². The lowest BCUT2D eigenvalue weighted by atomic mass is 10.2. The van der Waals surface area contributed by atoms with E-state index in [1.165, 1.54) is 0 Å². The average molecular weight is 288 g/mol. The minimum absolute atomic E-state index is 0.0490. The second-order valence-electron chi connectivity index (χ2n) is 4.99. The van der Waals surface area contributed by atoms with Crippen LogP contribution in [0.15, 0.2) is 30.9 Å². The number of ether oxygens (including phenoxy) is 1. The number of nitrogens with zero attached hydrogens (tertiary/aromatic N) is 4. The molecule has 2 rings (SSSR count). The molecule has 6 heteroatoms. The van der Waals surface area contributed by atoms with Gasteiger partial charge in [-0.2, -0.15) is 5.10 Å². The van der Waals surface area contributed by atoms with Crippen LogP contribution in [0.25, 0.3) is 0 Å². The SMILES string of the molecule is COCCN(Cc1cnn(C)c1)C(=O)c1cncc(C)c1. The lowest BCUT2D eigenvalue weighted by molar-refractivity contribution is 0.0680. The highest BCUT2D eigenvalue weighted by Crippen LogP contribution is 2.10. The number of rotatable bonds is 6. The fourth-order valence-electron chi connectivity index (χ4n) is 2.08. The van der Waals surface area contributed by atoms with Gasteiger partial charge in [0.2, 0.25) is 0 Å². The van der Waals surface area contributed by atoms with Gasteiger partial charge < -0.3 is 9.64 Å². The van der Waals surface area contributed by atoms with E-state index in [4.69, 9.17) is 4.74 Å². The molecular formula is C15H20N4O2. The number of amides is 1. The Bertz CT molecular complexity index is 609. The van der Waals surface area contributed by atoms with E-state index < -0.39 is 0 Å². The fourth-order valence-corrected chi connectivity index (χ4v) is 2.08. The van der Waals surface area contributed by atoms with Gasteiger partial charge in [0, 0.05) is 51.4 Å². The maximum atomic E-state index is 12.6. The van der Waals surface area contributed by atoms with Crippen molar-refractivity contribution in [3.8, 4) is 0 Å². The number of carbonyl (C=O) groups excluding carboxylic acids is 1. The van der Waals surface area contributed by atoms with E-state index in [0.29, 0.717) is 25.3 Å². The van der Waals surface area contributed by atoms with Gasteiger partial charge in [-0.15, -0.1) is 0 Å². The molecule has 0 saturated carbocycles. The Kier molecular flexibility index (Phi) is 5.05. The zero-order chi connectivity index (χ0) is 15.2. The van der Waals surface area contributed by atoms with Crippen LogP contribution < -0.4 is 0 Å². The van der Waals surface area contributed by atoms with E-state index in [0.717, 1.165) is 11.1 Å². The van der Waals surface area contributed by atoms with Gasteiger partial charge in [0.15, 0.2) is 0 Å². The molecule has 0 aliphatic rings. The van der Waals surface area contributed by atoms with Crippen LogP contribution in [0, 0.1) is 6.92 Å². The number of aromatic nitrogens is 3. The van der Waals surface area contributed by atoms with Gasteiger partial charge >= 0.3 is 0 Å². The first-order valence-electron chi connectivity index (χ1n) is 6.77. The minimum atomic E-state index is -0.0490. The number of hydrogen-bond donors (Lipinski definition) is 0. The van der Waals surface area contributed by atoms with Crippen LogP contribution in [0.2, 0.25) is 0 Å². The van der Waals surface area contributed by atoms with Crippen molar-refractivity contribution < 1.29 is 9.53 Å². The maximum Gasteiger partial charge on any atom is 0.255 e. The molecule has 0 saturated heterocycles. The molecule has 6 nitrogen and oxygen atoms in total. The summed E-state index contributed by atoms with van der Waals surface area (Å²) >= 11 is 0. The van der Waals surface area contributed by atoms with Gasteiger partial charge in [-0.1, -0.05) is 0 Å². The van der Waals surface area contributed by atoms with Gasteiger partial charge in [0.1, 0.15) is 0 Å². The Balaban J connectivity index is 2.16. The normalized spacial score (nSPS) is 10.6. The molecule has 0 fully saturated rings. The monoisotopic (exact) mass is 288 g/mol. The third-order valence-electron chi connectivity index (χ3n) is 3.11. The molecule has 0 radical (unpaired) electrons. The molecule has 21 heavy (non-hydrogen) atoms. The summed E-state index contributed by atoms with van der Waals surface area (Å²) in [5.41, 5.74) is 2.55. The molecule has 1 amide bonds. The Morgan fingerprint density at radius 3 is 2.81 bits per heavy atom. The van der Waals surface area contributed by atoms with E-state index in [2.05, 4.69) is 10.1 Å². The summed E-state index contributed by atoms with van der Waals surface area (Å²) in [6, 6.07) is 1.85. The molecule has 112 valence electrons. The lowest BCUT2D eigenvalue weighted by Crippen LogP contribution is -2.33. The number of hydrogen-bond acceptors (Lipinski definition) is 4. The summed E-state index contributed by atoms with van der Waals surface area (Å²) in [5.74, 6) is -0.0490. The Labute approximate surface area is 124 Å². The van der Waals surface area contributed by atoms with E-state index in [-0.39, 0.29) is 5.91 Å². The largest absolute Gasteiger partial charge is 0.383 e. The molecule has 0 bridgehead atoms. The first-order chi connectivity index (χ1) is 10.1. The summed E-state index contributed by atoms with van der Waals surface area (Å²) in [7, 11) is 3.48. The average Bonchev–Trinajstić information content (AvgIpc) is 2.88. The van der Waals surface area contributed by atoms with Crippen molar-refractivity contribution >= 4 is 5.91 Å². The van der Waals surface area contributed by atoms with Crippen LogP contribution in [0.3, 0.4) is 0 Å². The lowest BCUT2D eigenvalue weighted by Gasteiger charge is -2.21. The highest BCUT2D eigenvalue weighted by atomic mass is 16.5. The van der Waals surface area contributed by atoms with Gasteiger partial charge in [0.05, 0.1) is 18.4 Å². The second kappa shape index (κ2) is 6.99. The molecule has 0 aromatic carbocycles. The highest BCUT2D eigenvalue weighted by Gasteiger charge is 2.17. The first-order valence-corrected chi connectivity index (χ1v) is 6.77. The van der Waals surface area contributed by atoms with Crippen LogP contribution in [0.1, 0.15) is 21.5 Å². The summed E-state index contributed by atoms with van der Waals surface area (Å²) in [6.45, 7) is 3.44. The number of aryl methyl sites for hydroxylation is 2. The molecule has 2 aromatic rings. The minimum Gasteiger partial charge on any atom is -0.383 e. The second-order valence-corrected chi connectivity index (χ2v) is 4.99. The van der Waals surface area contributed by atoms with Gasteiger partial charge in [-0.25, -0.2) is 0 Å². The summed E-state index contributed by atoms with van der Waals surface area (Å²) in [5, 5.41) is 4.13. The number of carbonyl (C=O) groups is 1. The topological polar surface area (TPSA) is 60.2 Å².